The molecule has 28 heavy (non-hydrogen) atoms. The van der Waals surface area contributed by atoms with Gasteiger partial charge in [0.05, 0.1) is 19.5 Å². The summed E-state index contributed by atoms with van der Waals surface area (Å²) in [5.74, 6) is 1.79. The number of hydrogen-bond donors (Lipinski definition) is 1. The first-order valence-corrected chi connectivity index (χ1v) is 9.16. The molecule has 2 aromatic carbocycles. The topological polar surface area (TPSA) is 69.9 Å². The lowest BCUT2D eigenvalue weighted by molar-refractivity contribution is 0.0993. The predicted molar refractivity (Wildman–Crippen MR) is 106 cm³/mol. The van der Waals surface area contributed by atoms with E-state index in [-0.39, 0.29) is 18.3 Å². The molecule has 0 bridgehead atoms. The zero-order valence-electron chi connectivity index (χ0n) is 15.9. The molecule has 1 amide bonds. The zero-order chi connectivity index (χ0) is 19.8. The Morgan fingerprint density at radius 1 is 0.929 bits per heavy atom. The second-order valence-electron chi connectivity index (χ2n) is 5.86. The number of furan rings is 1. The van der Waals surface area contributed by atoms with Crippen LogP contribution in [-0.2, 0) is 6.61 Å². The average molecular weight is 381 g/mol. The molecule has 0 radical (unpaired) electrons. The maximum atomic E-state index is 12.7. The summed E-state index contributed by atoms with van der Waals surface area (Å²) >= 11 is 0. The van der Waals surface area contributed by atoms with Crippen LogP contribution >= 0.6 is 0 Å². The first kappa shape index (κ1) is 19.4. The van der Waals surface area contributed by atoms with Crippen molar-refractivity contribution in [1.82, 2.24) is 0 Å². The summed E-state index contributed by atoms with van der Waals surface area (Å²) in [6, 6.07) is 16.4. The van der Waals surface area contributed by atoms with Gasteiger partial charge in [0.2, 0.25) is 0 Å². The molecule has 0 aliphatic heterocycles. The summed E-state index contributed by atoms with van der Waals surface area (Å²) in [5, 5.41) is 2.83. The molecule has 1 N–H and O–H groups in total. The van der Waals surface area contributed by atoms with Crippen LogP contribution in [0.2, 0.25) is 0 Å². The van der Waals surface area contributed by atoms with Crippen LogP contribution in [0.1, 0.15) is 30.0 Å². The molecule has 0 saturated carbocycles. The summed E-state index contributed by atoms with van der Waals surface area (Å²) in [5.41, 5.74) is 1.25. The lowest BCUT2D eigenvalue weighted by Gasteiger charge is -2.13. The molecule has 1 aromatic heterocycles. The largest absolute Gasteiger partial charge is 0.490 e. The molecular formula is C22H23NO5. The molecule has 1 heterocycles. The summed E-state index contributed by atoms with van der Waals surface area (Å²) in [6.45, 7) is 5.06. The molecule has 0 unspecified atom stereocenters. The highest BCUT2D eigenvalue weighted by atomic mass is 16.5. The van der Waals surface area contributed by atoms with Crippen LogP contribution in [-0.4, -0.2) is 19.1 Å². The Morgan fingerprint density at radius 3 is 2.43 bits per heavy atom. The van der Waals surface area contributed by atoms with E-state index in [2.05, 4.69) is 5.32 Å². The number of carbonyl (C=O) groups is 1. The molecule has 3 aromatic rings. The van der Waals surface area contributed by atoms with Crippen molar-refractivity contribution >= 4 is 11.6 Å². The van der Waals surface area contributed by atoms with Crippen molar-refractivity contribution < 1.29 is 23.4 Å². The lowest BCUT2D eigenvalue weighted by Crippen LogP contribution is -2.14. The molecule has 146 valence electrons. The predicted octanol–water partition coefficient (Wildman–Crippen LogP) is 4.91. The molecule has 3 rings (SSSR count). The first-order chi connectivity index (χ1) is 13.7. The van der Waals surface area contributed by atoms with Gasteiger partial charge in [-0.2, -0.15) is 0 Å². The van der Waals surface area contributed by atoms with E-state index in [9.17, 15) is 4.79 Å². The Labute approximate surface area is 164 Å². The minimum atomic E-state index is -0.358. The van der Waals surface area contributed by atoms with Gasteiger partial charge in [0.1, 0.15) is 12.4 Å². The van der Waals surface area contributed by atoms with Crippen molar-refractivity contribution in [1.29, 1.82) is 0 Å². The van der Waals surface area contributed by atoms with E-state index in [1.807, 2.05) is 44.2 Å². The highest BCUT2D eigenvalue weighted by molar-refractivity contribution is 6.03. The molecule has 0 spiro atoms. The van der Waals surface area contributed by atoms with Crippen molar-refractivity contribution in [3.63, 3.8) is 0 Å². The third kappa shape index (κ3) is 4.85. The van der Waals surface area contributed by atoms with Crippen molar-refractivity contribution in [3.05, 3.63) is 72.2 Å². The number of benzene rings is 2. The van der Waals surface area contributed by atoms with Gasteiger partial charge in [0, 0.05) is 17.3 Å². The second kappa shape index (κ2) is 9.50. The molecule has 0 fully saturated rings. The van der Waals surface area contributed by atoms with Gasteiger partial charge in [0.15, 0.2) is 17.3 Å². The first-order valence-electron chi connectivity index (χ1n) is 9.16. The van der Waals surface area contributed by atoms with Crippen LogP contribution in [0.5, 0.6) is 17.2 Å². The van der Waals surface area contributed by atoms with E-state index in [4.69, 9.17) is 18.6 Å². The van der Waals surface area contributed by atoms with Crippen LogP contribution < -0.4 is 19.5 Å². The van der Waals surface area contributed by atoms with E-state index in [1.54, 1.807) is 24.3 Å². The zero-order valence-corrected chi connectivity index (χ0v) is 15.9. The lowest BCUT2D eigenvalue weighted by atomic mass is 10.2. The Morgan fingerprint density at radius 2 is 1.68 bits per heavy atom. The van der Waals surface area contributed by atoms with E-state index in [1.165, 1.54) is 6.26 Å². The van der Waals surface area contributed by atoms with Gasteiger partial charge < -0.3 is 23.9 Å². The Balaban J connectivity index is 1.70. The van der Waals surface area contributed by atoms with Crippen LogP contribution in [0, 0.1) is 0 Å². The van der Waals surface area contributed by atoms with E-state index in [0.717, 1.165) is 5.75 Å². The molecular weight excluding hydrogens is 358 g/mol. The van der Waals surface area contributed by atoms with Gasteiger partial charge in [-0.15, -0.1) is 0 Å². The highest BCUT2D eigenvalue weighted by Crippen LogP contribution is 2.31. The molecule has 0 saturated heterocycles. The fraction of sp³-hybridized carbons (Fsp3) is 0.227. The number of ether oxygens (including phenoxy) is 3. The molecule has 6 heteroatoms. The number of hydrogen-bond acceptors (Lipinski definition) is 5. The maximum absolute atomic E-state index is 12.7. The fourth-order valence-electron chi connectivity index (χ4n) is 2.64. The van der Waals surface area contributed by atoms with Crippen LogP contribution in [0.3, 0.4) is 0 Å². The molecule has 0 atom stereocenters. The van der Waals surface area contributed by atoms with Crippen LogP contribution in [0.15, 0.2) is 65.3 Å². The average Bonchev–Trinajstić information content (AvgIpc) is 3.18. The third-order valence-corrected chi connectivity index (χ3v) is 3.89. The van der Waals surface area contributed by atoms with E-state index >= 15 is 0 Å². The molecule has 0 aliphatic rings. The monoisotopic (exact) mass is 381 g/mol. The van der Waals surface area contributed by atoms with Gasteiger partial charge in [-0.25, -0.2) is 0 Å². The maximum Gasteiger partial charge on any atom is 0.291 e. The number of para-hydroxylation sites is 1. The highest BCUT2D eigenvalue weighted by Gasteiger charge is 2.17. The van der Waals surface area contributed by atoms with Crippen LogP contribution in [0.25, 0.3) is 0 Å². The summed E-state index contributed by atoms with van der Waals surface area (Å²) in [4.78, 5) is 12.7. The number of nitrogens with one attached hydrogen (secondary N) is 1. The Bertz CT molecular complexity index is 904. The fourth-order valence-corrected chi connectivity index (χ4v) is 2.64. The van der Waals surface area contributed by atoms with Crippen LogP contribution in [0.4, 0.5) is 5.69 Å². The minimum Gasteiger partial charge on any atom is -0.490 e. The van der Waals surface area contributed by atoms with Crippen molar-refractivity contribution in [2.45, 2.75) is 20.5 Å². The van der Waals surface area contributed by atoms with Crippen molar-refractivity contribution in [2.24, 2.45) is 0 Å². The quantitative estimate of drug-likeness (QED) is 0.570. The molecule has 6 nitrogen and oxygen atoms in total. The number of anilines is 1. The van der Waals surface area contributed by atoms with E-state index in [0.29, 0.717) is 36.0 Å². The minimum absolute atomic E-state index is 0.211. The number of carbonyl (C=O) groups excluding carboxylic acids is 1. The smallest absolute Gasteiger partial charge is 0.291 e. The number of amides is 1. The standard InChI is InChI=1S/C22H23NO5/c1-3-25-19-11-10-17(14-20(19)26-4-2)23-22(24)21-16(12-13-27-21)15-28-18-8-6-5-7-9-18/h5-14H,3-4,15H2,1-2H3,(H,23,24). The Kier molecular flexibility index (Phi) is 6.57. The van der Waals surface area contributed by atoms with Gasteiger partial charge in [-0.1, -0.05) is 18.2 Å². The third-order valence-electron chi connectivity index (χ3n) is 3.89. The SMILES string of the molecule is CCOc1ccc(NC(=O)c2occc2COc2ccccc2)cc1OCC. The Hall–Kier alpha value is -3.41. The van der Waals surface area contributed by atoms with E-state index < -0.39 is 0 Å². The van der Waals surface area contributed by atoms with Gasteiger partial charge >= 0.3 is 0 Å². The molecule has 0 aliphatic carbocycles. The summed E-state index contributed by atoms with van der Waals surface area (Å²) in [7, 11) is 0. The summed E-state index contributed by atoms with van der Waals surface area (Å²) in [6.07, 6.45) is 1.47. The second-order valence-corrected chi connectivity index (χ2v) is 5.86. The normalized spacial score (nSPS) is 10.4. The van der Waals surface area contributed by atoms with Crippen molar-refractivity contribution in [2.75, 3.05) is 18.5 Å². The van der Waals surface area contributed by atoms with Gasteiger partial charge in [-0.05, 0) is 44.2 Å². The summed E-state index contributed by atoms with van der Waals surface area (Å²) < 4.78 is 22.2. The van der Waals surface area contributed by atoms with Gasteiger partial charge in [0.25, 0.3) is 5.91 Å². The van der Waals surface area contributed by atoms with Crippen molar-refractivity contribution in [3.8, 4) is 17.2 Å². The van der Waals surface area contributed by atoms with Gasteiger partial charge in [-0.3, -0.25) is 4.79 Å². The number of rotatable bonds is 9.